The Morgan fingerprint density at radius 2 is 1.25 bits per heavy atom. The molecule has 0 unspecified atom stereocenters. The first-order chi connectivity index (χ1) is 0. The summed E-state index contributed by atoms with van der Waals surface area (Å²) in [6, 6.07) is 0. The van der Waals surface area contributed by atoms with Gasteiger partial charge in [-0.1, -0.05) is 0 Å². The Morgan fingerprint density at radius 3 is 1.25 bits per heavy atom. The second kappa shape index (κ2) is 20.0. The Labute approximate surface area is 70.0 Å². The summed E-state index contributed by atoms with van der Waals surface area (Å²) in [7, 11) is 0. The van der Waals surface area contributed by atoms with Gasteiger partial charge in [0, 0.05) is 44.5 Å². The summed E-state index contributed by atoms with van der Waals surface area (Å²) in [5.74, 6) is 0. The molecule has 0 aliphatic heterocycles. The normalized spacial score (nSPS) is 0. The molecule has 0 heterocycles. The van der Waals surface area contributed by atoms with E-state index in [2.05, 4.69) is 0 Å². The Morgan fingerprint density at radius 1 is 1.25 bits per heavy atom. The first kappa shape index (κ1) is 37.6. The largest absolute Gasteiger partial charge is 2.00 e. The molecular formula is H2CuMgNiSi. The fourth-order valence-corrected chi connectivity index (χ4v) is 0. The molecule has 29 valence electrons. The minimum absolute atomic E-state index is 0. The SMILES string of the molecule is [Cu].[H-].[H-].[Mg+2].[Ni].[Si]. The van der Waals surface area contributed by atoms with Crippen LogP contribution in [0.15, 0.2) is 0 Å². The zero-order valence-electron chi connectivity index (χ0n) is 3.82. The van der Waals surface area contributed by atoms with Gasteiger partial charge < -0.3 is 2.85 Å². The molecule has 0 aromatic rings. The van der Waals surface area contributed by atoms with E-state index >= 15 is 0 Å². The molecule has 0 aromatic carbocycles. The fraction of sp³-hybridized carbons (Fsp3) is 0. The number of hydrogen-bond acceptors (Lipinski definition) is 0. The molecule has 4 heteroatoms. The van der Waals surface area contributed by atoms with Gasteiger partial charge >= 0.3 is 23.1 Å². The zero-order chi connectivity index (χ0) is 0. The zero-order valence-corrected chi connectivity index (χ0v) is 6.17. The van der Waals surface area contributed by atoms with E-state index in [4.69, 9.17) is 0 Å². The molecule has 4 heavy (non-hydrogen) atoms. The van der Waals surface area contributed by atoms with Crippen LogP contribution in [0.2, 0.25) is 0 Å². The molecular weight excluding hydrogens is 175 g/mol. The molecule has 0 atom stereocenters. The number of rotatable bonds is 0. The fourth-order valence-electron chi connectivity index (χ4n) is 0. The van der Waals surface area contributed by atoms with Crippen molar-refractivity contribution in [3.8, 4) is 0 Å². The van der Waals surface area contributed by atoms with Gasteiger partial charge in [-0.05, 0) is 0 Å². The Bertz CT molecular complexity index is 13.5. The van der Waals surface area contributed by atoms with Crippen LogP contribution in [0.5, 0.6) is 0 Å². The first-order valence-corrected chi connectivity index (χ1v) is 0. The maximum absolute atomic E-state index is 0. The summed E-state index contributed by atoms with van der Waals surface area (Å²) in [5, 5.41) is 0. The van der Waals surface area contributed by atoms with Crippen molar-refractivity contribution in [3.05, 3.63) is 0 Å². The summed E-state index contributed by atoms with van der Waals surface area (Å²) in [6.07, 6.45) is 0. The summed E-state index contributed by atoms with van der Waals surface area (Å²) >= 11 is 0. The molecule has 0 rings (SSSR count). The van der Waals surface area contributed by atoms with Crippen molar-refractivity contribution in [1.29, 1.82) is 0 Å². The third kappa shape index (κ3) is 9.00. The van der Waals surface area contributed by atoms with Crippen molar-refractivity contribution >= 4 is 34.0 Å². The third-order valence-electron chi connectivity index (χ3n) is 0. The molecule has 0 aliphatic rings. The van der Waals surface area contributed by atoms with E-state index in [-0.39, 0.29) is 70.4 Å². The van der Waals surface area contributed by atoms with E-state index in [0.29, 0.717) is 0 Å². The Kier molecular flexibility index (Phi) is 188. The Hall–Kier alpha value is 2.00. The van der Waals surface area contributed by atoms with Crippen LogP contribution < -0.4 is 0 Å². The van der Waals surface area contributed by atoms with Gasteiger partial charge in [0.15, 0.2) is 0 Å². The summed E-state index contributed by atoms with van der Waals surface area (Å²) < 4.78 is 0. The molecule has 0 saturated carbocycles. The molecule has 0 spiro atoms. The van der Waals surface area contributed by atoms with Crippen molar-refractivity contribution in [3.63, 3.8) is 0 Å². The van der Waals surface area contributed by atoms with E-state index in [1.54, 1.807) is 0 Å². The second-order valence-electron chi connectivity index (χ2n) is 0. The van der Waals surface area contributed by atoms with Crippen molar-refractivity contribution < 1.29 is 36.4 Å². The van der Waals surface area contributed by atoms with Crippen LogP contribution >= 0.6 is 0 Å². The van der Waals surface area contributed by atoms with Gasteiger partial charge in [0.1, 0.15) is 0 Å². The minimum atomic E-state index is 0. The van der Waals surface area contributed by atoms with Crippen LogP contribution in [0.4, 0.5) is 0 Å². The van der Waals surface area contributed by atoms with Crippen LogP contribution in [-0.2, 0) is 33.6 Å². The molecule has 0 amide bonds. The molecule has 0 aromatic heterocycles. The smallest absolute Gasteiger partial charge is 1.00 e. The number of hydrogen-bond donors (Lipinski definition) is 0. The van der Waals surface area contributed by atoms with E-state index in [1.165, 1.54) is 0 Å². The van der Waals surface area contributed by atoms with E-state index in [9.17, 15) is 0 Å². The van der Waals surface area contributed by atoms with Gasteiger partial charge in [0.25, 0.3) is 0 Å². The summed E-state index contributed by atoms with van der Waals surface area (Å²) in [5.41, 5.74) is 0. The standard InChI is InChI=1S/Cu.Mg.Ni.Si.2H/q;+2;;;2*-1. The van der Waals surface area contributed by atoms with Gasteiger partial charge in [-0.2, -0.15) is 0 Å². The second-order valence-corrected chi connectivity index (χ2v) is 0. The van der Waals surface area contributed by atoms with E-state index in [0.717, 1.165) is 0 Å². The topological polar surface area (TPSA) is 0 Å². The van der Waals surface area contributed by atoms with Gasteiger partial charge in [-0.15, -0.1) is 0 Å². The summed E-state index contributed by atoms with van der Waals surface area (Å²) in [4.78, 5) is 0. The van der Waals surface area contributed by atoms with Crippen molar-refractivity contribution in [1.82, 2.24) is 0 Å². The predicted molar refractivity (Wildman–Crippen MR) is 13.7 cm³/mol. The average Bonchev–Trinajstić information content (AvgIpc) is 0. The average molecular weight is 177 g/mol. The molecule has 0 fully saturated rings. The maximum atomic E-state index is 0. The van der Waals surface area contributed by atoms with Gasteiger partial charge in [0.2, 0.25) is 0 Å². The van der Waals surface area contributed by atoms with E-state index in [1.807, 2.05) is 0 Å². The van der Waals surface area contributed by atoms with Crippen LogP contribution in [0.25, 0.3) is 0 Å². The molecule has 0 saturated heterocycles. The third-order valence-corrected chi connectivity index (χ3v) is 0. The molecule has 0 N–H and O–H groups in total. The maximum Gasteiger partial charge on any atom is 2.00 e. The van der Waals surface area contributed by atoms with Crippen LogP contribution in [0.1, 0.15) is 2.85 Å². The quantitative estimate of drug-likeness (QED) is 0.435. The summed E-state index contributed by atoms with van der Waals surface area (Å²) in [6.45, 7) is 0. The van der Waals surface area contributed by atoms with Gasteiger partial charge in [-0.3, -0.25) is 0 Å². The molecule has 5 radical (unpaired) electrons. The molecule has 0 nitrogen and oxygen atoms in total. The van der Waals surface area contributed by atoms with Gasteiger partial charge in [-0.25, -0.2) is 0 Å². The molecule has 0 bridgehead atoms. The van der Waals surface area contributed by atoms with E-state index < -0.39 is 0 Å². The van der Waals surface area contributed by atoms with Crippen molar-refractivity contribution in [2.45, 2.75) is 0 Å². The van der Waals surface area contributed by atoms with Crippen LogP contribution in [0.3, 0.4) is 0 Å². The monoisotopic (exact) mass is 175 g/mol. The minimum Gasteiger partial charge on any atom is -1.00 e. The van der Waals surface area contributed by atoms with Crippen molar-refractivity contribution in [2.75, 3.05) is 0 Å². The Balaban J connectivity index is 0. The van der Waals surface area contributed by atoms with Crippen LogP contribution in [0, 0.1) is 0 Å². The van der Waals surface area contributed by atoms with Gasteiger partial charge in [0.05, 0.1) is 0 Å². The first-order valence-electron chi connectivity index (χ1n) is 0. The molecule has 0 aliphatic carbocycles. The van der Waals surface area contributed by atoms with Crippen molar-refractivity contribution in [2.24, 2.45) is 0 Å². The van der Waals surface area contributed by atoms with Crippen LogP contribution in [-0.4, -0.2) is 34.0 Å². The predicted octanol–water partition coefficient (Wildman–Crippen LogP) is -0.542.